The van der Waals surface area contributed by atoms with Gasteiger partial charge in [0, 0.05) is 44.5 Å². The third-order valence-corrected chi connectivity index (χ3v) is 4.50. The van der Waals surface area contributed by atoms with E-state index in [4.69, 9.17) is 0 Å². The minimum absolute atomic E-state index is 0.0596. The third-order valence-electron chi connectivity index (χ3n) is 4.50. The van der Waals surface area contributed by atoms with Gasteiger partial charge in [-0.05, 0) is 43.5 Å². The van der Waals surface area contributed by atoms with Gasteiger partial charge in [0.1, 0.15) is 0 Å². The molecule has 4 nitrogen and oxygen atoms in total. The van der Waals surface area contributed by atoms with Crippen molar-refractivity contribution in [1.29, 1.82) is 0 Å². The van der Waals surface area contributed by atoms with Gasteiger partial charge >= 0.3 is 0 Å². The van der Waals surface area contributed by atoms with Gasteiger partial charge in [-0.1, -0.05) is 6.07 Å². The van der Waals surface area contributed by atoms with Gasteiger partial charge in [-0.3, -0.25) is 4.79 Å². The molecule has 2 aliphatic rings. The van der Waals surface area contributed by atoms with Crippen LogP contribution in [0.3, 0.4) is 0 Å². The fourth-order valence-corrected chi connectivity index (χ4v) is 3.36. The summed E-state index contributed by atoms with van der Waals surface area (Å²) in [6.45, 7) is 3.68. The SMILES string of the molecule is CN(C)C(=O)c1cccc(NC2CCN3CCC2C3)c1. The summed E-state index contributed by atoms with van der Waals surface area (Å²) in [6.07, 6.45) is 2.50. The number of nitrogens with zero attached hydrogens (tertiary/aromatic N) is 2. The highest BCUT2D eigenvalue weighted by molar-refractivity contribution is 5.94. The molecule has 2 heterocycles. The van der Waals surface area contributed by atoms with E-state index < -0.39 is 0 Å². The predicted octanol–water partition coefficient (Wildman–Crippen LogP) is 1.89. The van der Waals surface area contributed by atoms with Crippen molar-refractivity contribution in [1.82, 2.24) is 9.80 Å². The molecule has 108 valence electrons. The monoisotopic (exact) mass is 273 g/mol. The van der Waals surface area contributed by atoms with E-state index in [2.05, 4.69) is 16.3 Å². The minimum atomic E-state index is 0.0596. The first-order chi connectivity index (χ1) is 9.63. The van der Waals surface area contributed by atoms with E-state index in [0.717, 1.165) is 17.2 Å². The molecule has 2 aliphatic heterocycles. The molecule has 1 aromatic carbocycles. The summed E-state index contributed by atoms with van der Waals surface area (Å²) < 4.78 is 0. The Labute approximate surface area is 120 Å². The molecule has 3 unspecified atom stereocenters. The second kappa shape index (κ2) is 5.44. The summed E-state index contributed by atoms with van der Waals surface area (Å²) in [5, 5.41) is 3.65. The average Bonchev–Trinajstić information content (AvgIpc) is 2.84. The third kappa shape index (κ3) is 2.66. The molecule has 1 amide bonds. The zero-order chi connectivity index (χ0) is 14.1. The predicted molar refractivity (Wildman–Crippen MR) is 81.0 cm³/mol. The standard InChI is InChI=1S/C16H23N3O/c1-18(2)16(20)12-4-3-5-14(10-12)17-15-7-9-19-8-6-13(15)11-19/h3-5,10,13,15,17H,6-9,11H2,1-2H3. The number of carbonyl (C=O) groups excluding carboxylic acids is 1. The molecule has 2 bridgehead atoms. The minimum Gasteiger partial charge on any atom is -0.382 e. The van der Waals surface area contributed by atoms with Crippen LogP contribution in [-0.4, -0.2) is 55.5 Å². The number of fused-ring (bicyclic) bond motifs is 2. The molecule has 3 atom stereocenters. The summed E-state index contributed by atoms with van der Waals surface area (Å²) in [5.41, 5.74) is 1.83. The Bertz CT molecular complexity index is 500. The second-order valence-electron chi connectivity index (χ2n) is 6.17. The van der Waals surface area contributed by atoms with E-state index in [1.807, 2.05) is 18.2 Å². The maximum atomic E-state index is 12.0. The van der Waals surface area contributed by atoms with Crippen molar-refractivity contribution >= 4 is 11.6 Å². The number of hydrogen-bond acceptors (Lipinski definition) is 3. The smallest absolute Gasteiger partial charge is 0.253 e. The van der Waals surface area contributed by atoms with Gasteiger partial charge in [-0.2, -0.15) is 0 Å². The number of piperidine rings is 1. The van der Waals surface area contributed by atoms with Crippen LogP contribution in [0.1, 0.15) is 23.2 Å². The van der Waals surface area contributed by atoms with Crippen LogP contribution in [0.25, 0.3) is 0 Å². The highest BCUT2D eigenvalue weighted by Crippen LogP contribution is 2.29. The van der Waals surface area contributed by atoms with Crippen molar-refractivity contribution in [2.24, 2.45) is 5.92 Å². The number of rotatable bonds is 3. The Kier molecular flexibility index (Phi) is 3.66. The Balaban J connectivity index is 1.71. The van der Waals surface area contributed by atoms with Gasteiger partial charge in [0.25, 0.3) is 5.91 Å². The van der Waals surface area contributed by atoms with Crippen molar-refractivity contribution in [2.45, 2.75) is 18.9 Å². The van der Waals surface area contributed by atoms with E-state index in [0.29, 0.717) is 6.04 Å². The van der Waals surface area contributed by atoms with Crippen LogP contribution in [0.4, 0.5) is 5.69 Å². The molecular formula is C16H23N3O. The molecule has 20 heavy (non-hydrogen) atoms. The summed E-state index contributed by atoms with van der Waals surface area (Å²) in [6, 6.07) is 8.44. The zero-order valence-electron chi connectivity index (χ0n) is 12.3. The first-order valence-corrected chi connectivity index (χ1v) is 7.44. The summed E-state index contributed by atoms with van der Waals surface area (Å²) in [4.78, 5) is 16.2. The van der Waals surface area contributed by atoms with Crippen LogP contribution in [0.5, 0.6) is 0 Å². The summed E-state index contributed by atoms with van der Waals surface area (Å²) in [7, 11) is 3.58. The van der Waals surface area contributed by atoms with E-state index in [-0.39, 0.29) is 5.91 Å². The van der Waals surface area contributed by atoms with Crippen molar-refractivity contribution in [2.75, 3.05) is 39.0 Å². The molecule has 2 fully saturated rings. The van der Waals surface area contributed by atoms with Crippen molar-refractivity contribution in [3.05, 3.63) is 29.8 Å². The highest BCUT2D eigenvalue weighted by atomic mass is 16.2. The number of anilines is 1. The maximum absolute atomic E-state index is 12.0. The largest absolute Gasteiger partial charge is 0.382 e. The van der Waals surface area contributed by atoms with Crippen LogP contribution < -0.4 is 5.32 Å². The Morgan fingerprint density at radius 3 is 2.90 bits per heavy atom. The van der Waals surface area contributed by atoms with Crippen LogP contribution in [0.2, 0.25) is 0 Å². The number of benzene rings is 1. The van der Waals surface area contributed by atoms with Gasteiger partial charge in [0.05, 0.1) is 0 Å². The van der Waals surface area contributed by atoms with Gasteiger partial charge in [0.15, 0.2) is 0 Å². The highest BCUT2D eigenvalue weighted by Gasteiger charge is 2.34. The van der Waals surface area contributed by atoms with Crippen LogP contribution in [-0.2, 0) is 0 Å². The van der Waals surface area contributed by atoms with E-state index in [9.17, 15) is 4.79 Å². The van der Waals surface area contributed by atoms with E-state index in [1.54, 1.807) is 19.0 Å². The summed E-state index contributed by atoms with van der Waals surface area (Å²) in [5.74, 6) is 0.821. The molecule has 4 heteroatoms. The summed E-state index contributed by atoms with van der Waals surface area (Å²) >= 11 is 0. The van der Waals surface area contributed by atoms with Crippen LogP contribution in [0.15, 0.2) is 24.3 Å². The molecule has 0 saturated carbocycles. The topological polar surface area (TPSA) is 35.6 Å². The number of nitrogens with one attached hydrogen (secondary N) is 1. The van der Waals surface area contributed by atoms with Crippen molar-refractivity contribution in [3.63, 3.8) is 0 Å². The number of hydrogen-bond donors (Lipinski definition) is 1. The first-order valence-electron chi connectivity index (χ1n) is 7.44. The zero-order valence-corrected chi connectivity index (χ0v) is 12.3. The molecule has 3 rings (SSSR count). The van der Waals surface area contributed by atoms with Gasteiger partial charge < -0.3 is 15.1 Å². The fourth-order valence-electron chi connectivity index (χ4n) is 3.36. The maximum Gasteiger partial charge on any atom is 0.253 e. The molecule has 0 spiro atoms. The van der Waals surface area contributed by atoms with Gasteiger partial charge in [0.2, 0.25) is 0 Å². The molecule has 0 aliphatic carbocycles. The number of amides is 1. The van der Waals surface area contributed by atoms with Crippen molar-refractivity contribution in [3.8, 4) is 0 Å². The lowest BCUT2D eigenvalue weighted by atomic mass is 9.94. The fraction of sp³-hybridized carbons (Fsp3) is 0.562. The van der Waals surface area contributed by atoms with E-state index in [1.165, 1.54) is 32.5 Å². The average molecular weight is 273 g/mol. The Hall–Kier alpha value is -1.55. The lowest BCUT2D eigenvalue weighted by Gasteiger charge is -2.31. The normalized spacial score (nSPS) is 28.2. The second-order valence-corrected chi connectivity index (χ2v) is 6.17. The molecule has 0 aromatic heterocycles. The Morgan fingerprint density at radius 2 is 2.10 bits per heavy atom. The quantitative estimate of drug-likeness (QED) is 0.913. The lowest BCUT2D eigenvalue weighted by molar-refractivity contribution is 0.0827. The first kappa shape index (κ1) is 13.4. The molecule has 1 N–H and O–H groups in total. The van der Waals surface area contributed by atoms with Gasteiger partial charge in [-0.15, -0.1) is 0 Å². The Morgan fingerprint density at radius 1 is 1.30 bits per heavy atom. The van der Waals surface area contributed by atoms with E-state index >= 15 is 0 Å². The molecule has 2 saturated heterocycles. The van der Waals surface area contributed by atoms with Crippen LogP contribution >= 0.6 is 0 Å². The lowest BCUT2D eigenvalue weighted by Crippen LogP contribution is -2.39. The van der Waals surface area contributed by atoms with Crippen LogP contribution in [0, 0.1) is 5.92 Å². The van der Waals surface area contributed by atoms with Crippen molar-refractivity contribution < 1.29 is 4.79 Å². The van der Waals surface area contributed by atoms with Gasteiger partial charge in [-0.25, -0.2) is 0 Å². The molecular weight excluding hydrogens is 250 g/mol. The molecule has 1 aromatic rings. The molecule has 0 radical (unpaired) electrons. The number of carbonyl (C=O) groups is 1.